The average Bonchev–Trinajstić information content (AvgIpc) is 3.60. The third-order valence-electron chi connectivity index (χ3n) is 7.69. The predicted molar refractivity (Wildman–Crippen MR) is 152 cm³/mol. The number of amidine groups is 1. The Kier molecular flexibility index (Phi) is 8.83. The van der Waals surface area contributed by atoms with Crippen LogP contribution in [0.3, 0.4) is 0 Å². The molecule has 1 aromatic carbocycles. The molecule has 0 spiro atoms. The summed E-state index contributed by atoms with van der Waals surface area (Å²) in [4.78, 5) is 38.4. The molecule has 5 rings (SSSR count). The SMILES string of the molecule is CCOC(=O)C1=C(CN2CCOC3CN(CC(C)(C)OC=O)CC32)NC(c2nccs2)=NC1c1cccc(F)c1C. The van der Waals surface area contributed by atoms with Crippen molar-refractivity contribution in [1.82, 2.24) is 20.1 Å². The number of hydrogen-bond donors (Lipinski definition) is 1. The van der Waals surface area contributed by atoms with Crippen molar-refractivity contribution in [3.8, 4) is 0 Å². The Balaban J connectivity index is 1.50. The number of morpholine rings is 1. The van der Waals surface area contributed by atoms with E-state index >= 15 is 0 Å². The molecule has 4 heterocycles. The third-order valence-corrected chi connectivity index (χ3v) is 8.47. The second-order valence-corrected chi connectivity index (χ2v) is 11.9. The molecule has 0 saturated carbocycles. The molecule has 220 valence electrons. The van der Waals surface area contributed by atoms with Gasteiger partial charge in [-0.25, -0.2) is 14.2 Å². The number of halogens is 1. The molecule has 2 fully saturated rings. The van der Waals surface area contributed by atoms with Gasteiger partial charge in [0.1, 0.15) is 17.5 Å². The highest BCUT2D eigenvalue weighted by atomic mass is 32.1. The molecule has 0 bridgehead atoms. The Morgan fingerprint density at radius 1 is 1.34 bits per heavy atom. The number of thiazole rings is 1. The number of aliphatic imine (C=N–C) groups is 1. The van der Waals surface area contributed by atoms with Crippen LogP contribution in [0.2, 0.25) is 0 Å². The van der Waals surface area contributed by atoms with Crippen LogP contribution in [-0.4, -0.2) is 96.7 Å². The molecule has 3 unspecified atom stereocenters. The van der Waals surface area contributed by atoms with Crippen molar-refractivity contribution in [3.63, 3.8) is 0 Å². The molecule has 2 saturated heterocycles. The Labute approximate surface area is 243 Å². The molecular formula is C29H36FN5O5S. The molecule has 10 nitrogen and oxygen atoms in total. The van der Waals surface area contributed by atoms with Crippen molar-refractivity contribution in [2.24, 2.45) is 4.99 Å². The molecule has 1 N–H and O–H groups in total. The minimum absolute atomic E-state index is 0.0284. The van der Waals surface area contributed by atoms with E-state index in [0.29, 0.717) is 72.5 Å². The topological polar surface area (TPSA) is 106 Å². The van der Waals surface area contributed by atoms with Crippen molar-refractivity contribution in [3.05, 3.63) is 63.0 Å². The standard InChI is InChI=1S/C29H36FN5O5S/c1-5-38-28(37)24-21(13-35-10-11-39-23-15-34(14-22(23)35)16-29(3,4)40-17-36)32-26(27-31-9-12-41-27)33-25(24)19-7-6-8-20(30)18(19)2/h6-9,12,17,22-23,25H,5,10-11,13-16H2,1-4H3,(H,32,33). The van der Waals surface area contributed by atoms with Crippen LogP contribution in [-0.2, 0) is 23.8 Å². The van der Waals surface area contributed by atoms with E-state index in [1.807, 2.05) is 19.2 Å². The highest BCUT2D eigenvalue weighted by Crippen LogP contribution is 2.36. The second-order valence-electron chi connectivity index (χ2n) is 11.0. The van der Waals surface area contributed by atoms with E-state index in [1.165, 1.54) is 17.4 Å². The lowest BCUT2D eigenvalue weighted by atomic mass is 9.92. The number of carbonyl (C=O) groups is 2. The number of nitrogens with one attached hydrogen (secondary N) is 1. The largest absolute Gasteiger partial charge is 0.463 e. The fraction of sp³-hybridized carbons (Fsp3) is 0.517. The molecule has 12 heteroatoms. The maximum absolute atomic E-state index is 14.7. The van der Waals surface area contributed by atoms with Crippen LogP contribution in [0.15, 0.2) is 46.0 Å². The monoisotopic (exact) mass is 585 g/mol. The summed E-state index contributed by atoms with van der Waals surface area (Å²) in [6.45, 7) is 11.5. The lowest BCUT2D eigenvalue weighted by Crippen LogP contribution is -2.53. The van der Waals surface area contributed by atoms with Crippen molar-refractivity contribution in [2.75, 3.05) is 45.9 Å². The van der Waals surface area contributed by atoms with Crippen LogP contribution in [0.5, 0.6) is 0 Å². The zero-order valence-corrected chi connectivity index (χ0v) is 24.6. The van der Waals surface area contributed by atoms with Gasteiger partial charge in [0.05, 0.1) is 30.9 Å². The van der Waals surface area contributed by atoms with Gasteiger partial charge in [0.15, 0.2) is 10.8 Å². The van der Waals surface area contributed by atoms with Crippen molar-refractivity contribution in [1.29, 1.82) is 0 Å². The zero-order valence-electron chi connectivity index (χ0n) is 23.8. The Morgan fingerprint density at radius 3 is 2.90 bits per heavy atom. The number of rotatable bonds is 10. The molecule has 41 heavy (non-hydrogen) atoms. The predicted octanol–water partition coefficient (Wildman–Crippen LogP) is 2.84. The lowest BCUT2D eigenvalue weighted by Gasteiger charge is -2.39. The number of esters is 1. The first-order valence-corrected chi connectivity index (χ1v) is 14.7. The summed E-state index contributed by atoms with van der Waals surface area (Å²) in [5.41, 5.74) is 1.42. The third kappa shape index (κ3) is 6.35. The number of fused-ring (bicyclic) bond motifs is 1. The van der Waals surface area contributed by atoms with Crippen LogP contribution in [0, 0.1) is 12.7 Å². The highest BCUT2D eigenvalue weighted by Gasteiger charge is 2.43. The fourth-order valence-electron chi connectivity index (χ4n) is 5.83. The quantitative estimate of drug-likeness (QED) is 0.333. The molecule has 0 aliphatic carbocycles. The molecule has 0 amide bonds. The van der Waals surface area contributed by atoms with Crippen LogP contribution < -0.4 is 5.32 Å². The number of ether oxygens (including phenoxy) is 3. The van der Waals surface area contributed by atoms with E-state index in [2.05, 4.69) is 20.1 Å². The zero-order chi connectivity index (χ0) is 29.1. The summed E-state index contributed by atoms with van der Waals surface area (Å²) in [6.07, 6.45) is 1.67. The summed E-state index contributed by atoms with van der Waals surface area (Å²) in [7, 11) is 0. The van der Waals surface area contributed by atoms with E-state index in [-0.39, 0.29) is 24.6 Å². The van der Waals surface area contributed by atoms with Gasteiger partial charge in [0.25, 0.3) is 6.47 Å². The minimum Gasteiger partial charge on any atom is -0.463 e. The normalized spacial score (nSPS) is 23.5. The smallest absolute Gasteiger partial charge is 0.338 e. The summed E-state index contributed by atoms with van der Waals surface area (Å²) in [5, 5.41) is 5.94. The summed E-state index contributed by atoms with van der Waals surface area (Å²) >= 11 is 1.43. The summed E-state index contributed by atoms with van der Waals surface area (Å²) in [6, 6.07) is 4.14. The number of aromatic nitrogens is 1. The van der Waals surface area contributed by atoms with Gasteiger partial charge in [-0.2, -0.15) is 0 Å². The van der Waals surface area contributed by atoms with Crippen molar-refractivity contribution in [2.45, 2.75) is 51.5 Å². The van der Waals surface area contributed by atoms with Crippen LogP contribution in [0.25, 0.3) is 0 Å². The van der Waals surface area contributed by atoms with Crippen LogP contribution in [0.1, 0.15) is 42.9 Å². The van der Waals surface area contributed by atoms with Gasteiger partial charge in [-0.15, -0.1) is 11.3 Å². The van der Waals surface area contributed by atoms with E-state index < -0.39 is 17.6 Å². The summed E-state index contributed by atoms with van der Waals surface area (Å²) in [5.74, 6) is -0.320. The van der Waals surface area contributed by atoms with E-state index in [9.17, 15) is 14.0 Å². The maximum Gasteiger partial charge on any atom is 0.338 e. The lowest BCUT2D eigenvalue weighted by molar-refractivity contribution is -0.142. The van der Waals surface area contributed by atoms with Gasteiger partial charge in [-0.05, 0) is 44.9 Å². The van der Waals surface area contributed by atoms with Crippen molar-refractivity contribution >= 4 is 29.6 Å². The molecule has 3 atom stereocenters. The number of hydrogen-bond acceptors (Lipinski definition) is 11. The second kappa shape index (κ2) is 12.4. The first kappa shape index (κ1) is 29.3. The Hall–Kier alpha value is -3.19. The van der Waals surface area contributed by atoms with Gasteiger partial charge < -0.3 is 19.5 Å². The van der Waals surface area contributed by atoms with Gasteiger partial charge in [0, 0.05) is 50.0 Å². The van der Waals surface area contributed by atoms with E-state index in [4.69, 9.17) is 19.2 Å². The van der Waals surface area contributed by atoms with Crippen LogP contribution >= 0.6 is 11.3 Å². The van der Waals surface area contributed by atoms with E-state index in [0.717, 1.165) is 6.54 Å². The van der Waals surface area contributed by atoms with Crippen molar-refractivity contribution < 1.29 is 28.2 Å². The highest BCUT2D eigenvalue weighted by molar-refractivity contribution is 7.11. The fourth-order valence-corrected chi connectivity index (χ4v) is 6.42. The van der Waals surface area contributed by atoms with Gasteiger partial charge in [-0.3, -0.25) is 19.6 Å². The minimum atomic E-state index is -0.766. The molecule has 1 aromatic heterocycles. The number of benzene rings is 1. The maximum atomic E-state index is 14.7. The first-order chi connectivity index (χ1) is 19.7. The Bertz CT molecular complexity index is 1330. The molecular weight excluding hydrogens is 549 g/mol. The van der Waals surface area contributed by atoms with Gasteiger partial charge in [0.2, 0.25) is 0 Å². The molecule has 3 aliphatic heterocycles. The number of carbonyl (C=O) groups excluding carboxylic acids is 2. The average molecular weight is 586 g/mol. The Morgan fingerprint density at radius 2 is 2.17 bits per heavy atom. The van der Waals surface area contributed by atoms with Gasteiger partial charge in [-0.1, -0.05) is 12.1 Å². The first-order valence-electron chi connectivity index (χ1n) is 13.8. The van der Waals surface area contributed by atoms with E-state index in [1.54, 1.807) is 32.2 Å². The molecule has 2 aromatic rings. The summed E-state index contributed by atoms with van der Waals surface area (Å²) < 4.78 is 31.7. The van der Waals surface area contributed by atoms with Gasteiger partial charge >= 0.3 is 5.97 Å². The van der Waals surface area contributed by atoms with Crippen LogP contribution in [0.4, 0.5) is 4.39 Å². The number of nitrogens with zero attached hydrogens (tertiary/aromatic N) is 4. The molecule has 3 aliphatic rings. The number of likely N-dealkylation sites (tertiary alicyclic amines) is 1. The molecule has 0 radical (unpaired) electrons.